The number of imidazole rings is 1. The van der Waals surface area contributed by atoms with Crippen LogP contribution in [0.4, 0.5) is 0 Å². The van der Waals surface area contributed by atoms with Gasteiger partial charge in [-0.25, -0.2) is 0 Å². The molecule has 0 radical (unpaired) electrons. The Labute approximate surface area is 133 Å². The zero-order chi connectivity index (χ0) is 14.8. The molecule has 0 saturated carbocycles. The summed E-state index contributed by atoms with van der Waals surface area (Å²) in [7, 11) is 1.71. The van der Waals surface area contributed by atoms with Crippen molar-refractivity contribution in [3.05, 3.63) is 57.8 Å². The normalized spacial score (nSPS) is 11.1. The smallest absolute Gasteiger partial charge is 0.182 e. The van der Waals surface area contributed by atoms with Gasteiger partial charge in [0.1, 0.15) is 0 Å². The van der Waals surface area contributed by atoms with Crippen LogP contribution < -0.4 is 0 Å². The summed E-state index contributed by atoms with van der Waals surface area (Å²) in [6.45, 7) is 0.667. The van der Waals surface area contributed by atoms with Crippen LogP contribution in [0.25, 0.3) is 16.7 Å². The minimum absolute atomic E-state index is 0.642. The molecule has 1 N–H and O–H groups in total. The average Bonchev–Trinajstić information content (AvgIpc) is 2.83. The van der Waals surface area contributed by atoms with Crippen LogP contribution in [0, 0.1) is 4.77 Å². The van der Waals surface area contributed by atoms with Gasteiger partial charge in [0.05, 0.1) is 28.4 Å². The van der Waals surface area contributed by atoms with E-state index >= 15 is 0 Å². The van der Waals surface area contributed by atoms with Gasteiger partial charge in [-0.3, -0.25) is 4.57 Å². The molecule has 0 spiro atoms. The van der Waals surface area contributed by atoms with Gasteiger partial charge in [0.15, 0.2) is 4.77 Å². The van der Waals surface area contributed by atoms with Crippen LogP contribution in [0.2, 0.25) is 5.02 Å². The monoisotopic (exact) mass is 318 g/mol. The minimum atomic E-state index is 0.642. The van der Waals surface area contributed by atoms with Gasteiger partial charge in [-0.2, -0.15) is 0 Å². The van der Waals surface area contributed by atoms with E-state index in [0.717, 1.165) is 23.1 Å². The van der Waals surface area contributed by atoms with E-state index in [4.69, 9.17) is 28.6 Å². The Bertz CT molecular complexity index is 838. The van der Waals surface area contributed by atoms with Gasteiger partial charge in [0, 0.05) is 7.11 Å². The van der Waals surface area contributed by atoms with Gasteiger partial charge >= 0.3 is 0 Å². The van der Waals surface area contributed by atoms with Crippen molar-refractivity contribution in [3.8, 4) is 5.69 Å². The molecule has 21 heavy (non-hydrogen) atoms. The maximum atomic E-state index is 6.37. The lowest BCUT2D eigenvalue weighted by molar-refractivity contribution is 0.202. The first-order valence-corrected chi connectivity index (χ1v) is 7.47. The predicted molar refractivity (Wildman–Crippen MR) is 89.0 cm³/mol. The van der Waals surface area contributed by atoms with Crippen molar-refractivity contribution in [2.75, 3.05) is 13.7 Å². The van der Waals surface area contributed by atoms with E-state index in [2.05, 4.69) is 17.1 Å². The molecule has 3 rings (SSSR count). The van der Waals surface area contributed by atoms with Crippen LogP contribution in [0.15, 0.2) is 42.5 Å². The summed E-state index contributed by atoms with van der Waals surface area (Å²) in [5.41, 5.74) is 4.07. The first-order valence-electron chi connectivity index (χ1n) is 6.69. The highest BCUT2D eigenvalue weighted by Crippen LogP contribution is 2.28. The highest BCUT2D eigenvalue weighted by molar-refractivity contribution is 7.71. The van der Waals surface area contributed by atoms with E-state index in [1.165, 1.54) is 5.56 Å². The van der Waals surface area contributed by atoms with Crippen LogP contribution >= 0.6 is 23.8 Å². The number of rotatable bonds is 4. The molecule has 0 atom stereocenters. The fraction of sp³-hybridized carbons (Fsp3) is 0.188. The van der Waals surface area contributed by atoms with Crippen molar-refractivity contribution in [2.45, 2.75) is 6.42 Å². The van der Waals surface area contributed by atoms with Crippen molar-refractivity contribution < 1.29 is 4.74 Å². The second-order valence-electron chi connectivity index (χ2n) is 4.77. The highest BCUT2D eigenvalue weighted by Gasteiger charge is 2.12. The van der Waals surface area contributed by atoms with Crippen molar-refractivity contribution in [3.63, 3.8) is 0 Å². The molecule has 108 valence electrons. The Morgan fingerprint density at radius 3 is 2.81 bits per heavy atom. The molecular formula is C16H15ClN2OS. The number of nitrogens with one attached hydrogen (secondary N) is 1. The molecule has 0 aliphatic carbocycles. The number of halogens is 1. The van der Waals surface area contributed by atoms with Gasteiger partial charge < -0.3 is 9.72 Å². The van der Waals surface area contributed by atoms with Crippen LogP contribution in [-0.2, 0) is 11.2 Å². The van der Waals surface area contributed by atoms with E-state index in [-0.39, 0.29) is 0 Å². The number of para-hydroxylation sites is 2. The summed E-state index contributed by atoms with van der Waals surface area (Å²) < 4.78 is 7.83. The van der Waals surface area contributed by atoms with E-state index in [0.29, 0.717) is 16.4 Å². The lowest BCUT2D eigenvalue weighted by Gasteiger charge is -2.11. The van der Waals surface area contributed by atoms with Crippen LogP contribution in [0.3, 0.4) is 0 Å². The van der Waals surface area contributed by atoms with Crippen LogP contribution in [0.5, 0.6) is 0 Å². The van der Waals surface area contributed by atoms with Crippen molar-refractivity contribution in [1.82, 2.24) is 9.55 Å². The summed E-state index contributed by atoms with van der Waals surface area (Å²) in [5, 5.41) is 0.682. The molecule has 1 heterocycles. The van der Waals surface area contributed by atoms with Crippen LogP contribution in [-0.4, -0.2) is 23.3 Å². The number of methoxy groups -OCH3 is 1. The third-order valence-corrected chi connectivity index (χ3v) is 4.05. The number of aromatic nitrogens is 2. The molecule has 0 bridgehead atoms. The summed E-state index contributed by atoms with van der Waals surface area (Å²) >= 11 is 11.9. The lowest BCUT2D eigenvalue weighted by atomic mass is 10.1. The van der Waals surface area contributed by atoms with Gasteiger partial charge in [-0.15, -0.1) is 0 Å². The number of nitrogens with zero attached hydrogens (tertiary/aromatic N) is 1. The van der Waals surface area contributed by atoms with Crippen molar-refractivity contribution >= 4 is 34.9 Å². The molecule has 3 aromatic rings. The number of hydrogen-bond donors (Lipinski definition) is 1. The molecule has 0 saturated heterocycles. The Hall–Kier alpha value is -1.62. The second kappa shape index (κ2) is 6.02. The van der Waals surface area contributed by atoms with E-state index in [9.17, 15) is 0 Å². The fourth-order valence-electron chi connectivity index (χ4n) is 2.50. The second-order valence-corrected chi connectivity index (χ2v) is 5.57. The third-order valence-electron chi connectivity index (χ3n) is 3.46. The SMILES string of the molecule is COCCc1ccccc1-n1c(=S)[nH]c2cccc(Cl)c21. The first-order chi connectivity index (χ1) is 10.2. The fourth-order valence-corrected chi connectivity index (χ4v) is 3.06. The molecule has 3 nitrogen and oxygen atoms in total. The first kappa shape index (κ1) is 14.3. The number of hydrogen-bond acceptors (Lipinski definition) is 2. The number of fused-ring (bicyclic) bond motifs is 1. The molecule has 0 amide bonds. The van der Waals surface area contributed by atoms with E-state index in [1.807, 2.05) is 34.9 Å². The summed E-state index contributed by atoms with van der Waals surface area (Å²) in [6.07, 6.45) is 0.825. The van der Waals surface area contributed by atoms with Gasteiger partial charge in [0.2, 0.25) is 0 Å². The minimum Gasteiger partial charge on any atom is -0.384 e. The molecule has 0 aliphatic heterocycles. The third kappa shape index (κ3) is 2.62. The number of benzene rings is 2. The maximum absolute atomic E-state index is 6.37. The summed E-state index contributed by atoms with van der Waals surface area (Å²) in [4.78, 5) is 3.21. The van der Waals surface area contributed by atoms with Gasteiger partial charge in [-0.05, 0) is 42.4 Å². The molecule has 2 aromatic carbocycles. The Balaban J connectivity index is 2.26. The number of ether oxygens (including phenoxy) is 1. The number of H-pyrrole nitrogens is 1. The zero-order valence-electron chi connectivity index (χ0n) is 11.6. The van der Waals surface area contributed by atoms with Gasteiger partial charge in [-0.1, -0.05) is 35.9 Å². The Morgan fingerprint density at radius 1 is 1.19 bits per heavy atom. The molecule has 0 aliphatic rings. The summed E-state index contributed by atoms with van der Waals surface area (Å²) in [6, 6.07) is 13.9. The molecular weight excluding hydrogens is 304 g/mol. The van der Waals surface area contributed by atoms with Crippen molar-refractivity contribution in [1.29, 1.82) is 0 Å². The molecule has 0 unspecified atom stereocenters. The molecule has 0 fully saturated rings. The number of aromatic amines is 1. The lowest BCUT2D eigenvalue weighted by Crippen LogP contribution is -2.03. The Kier molecular flexibility index (Phi) is 4.10. The van der Waals surface area contributed by atoms with Crippen LogP contribution in [0.1, 0.15) is 5.56 Å². The Morgan fingerprint density at radius 2 is 2.00 bits per heavy atom. The predicted octanol–water partition coefficient (Wildman–Crippen LogP) is 4.53. The van der Waals surface area contributed by atoms with Gasteiger partial charge in [0.25, 0.3) is 0 Å². The maximum Gasteiger partial charge on any atom is 0.182 e. The molecule has 5 heteroatoms. The topological polar surface area (TPSA) is 29.9 Å². The largest absolute Gasteiger partial charge is 0.384 e. The highest BCUT2D eigenvalue weighted by atomic mass is 35.5. The summed E-state index contributed by atoms with van der Waals surface area (Å²) in [5.74, 6) is 0. The van der Waals surface area contributed by atoms with E-state index < -0.39 is 0 Å². The quantitative estimate of drug-likeness (QED) is 0.716. The standard InChI is InChI=1S/C16H15ClN2OS/c1-20-10-9-11-5-2-3-8-14(11)19-15-12(17)6-4-7-13(15)18-16(19)21/h2-8H,9-10H2,1H3,(H,18,21). The van der Waals surface area contributed by atoms with Crippen molar-refractivity contribution in [2.24, 2.45) is 0 Å². The molecule has 1 aromatic heterocycles. The van der Waals surface area contributed by atoms with E-state index in [1.54, 1.807) is 7.11 Å². The zero-order valence-corrected chi connectivity index (χ0v) is 13.2. The average molecular weight is 319 g/mol.